The smallest absolute Gasteiger partial charge is 0.268 e. The van der Waals surface area contributed by atoms with E-state index in [-0.39, 0.29) is 29.5 Å². The number of rotatable bonds is 5. The molecule has 6 heteroatoms. The van der Waals surface area contributed by atoms with Crippen LogP contribution in [0.5, 0.6) is 0 Å². The van der Waals surface area contributed by atoms with Crippen molar-refractivity contribution >= 4 is 15.9 Å². The Kier molecular flexibility index (Phi) is 4.39. The van der Waals surface area contributed by atoms with E-state index in [1.165, 1.54) is 0 Å². The van der Waals surface area contributed by atoms with E-state index in [9.17, 15) is 13.2 Å². The number of piperidine rings is 1. The minimum absolute atomic E-state index is 0.124. The van der Waals surface area contributed by atoms with Crippen LogP contribution >= 0.6 is 0 Å². The summed E-state index contributed by atoms with van der Waals surface area (Å²) in [4.78, 5) is 12.5. The van der Waals surface area contributed by atoms with Crippen LogP contribution in [0.25, 0.3) is 0 Å². The Labute approximate surface area is 139 Å². The van der Waals surface area contributed by atoms with Gasteiger partial charge in [0.25, 0.3) is 10.1 Å². The molecule has 4 unspecified atom stereocenters. The molecule has 0 spiro atoms. The van der Waals surface area contributed by atoms with Crippen molar-refractivity contribution in [2.45, 2.75) is 58.9 Å². The van der Waals surface area contributed by atoms with Gasteiger partial charge in [-0.05, 0) is 49.9 Å². The van der Waals surface area contributed by atoms with Crippen molar-refractivity contribution in [2.75, 3.05) is 18.9 Å². The average Bonchev–Trinajstić information content (AvgIpc) is 2.80. The van der Waals surface area contributed by atoms with Gasteiger partial charge >= 0.3 is 0 Å². The lowest BCUT2D eigenvalue weighted by Gasteiger charge is -2.36. The standard InChI is InChI=1S/C17H29NO4S/c1-12-4-5-13(9-18-12)10-22-23(20,21)11-17-7-6-14(8-15(17)19)16(17,2)3/h12-14,18H,4-11H2,1-3H3. The molecule has 1 heterocycles. The Morgan fingerprint density at radius 1 is 1.26 bits per heavy atom. The summed E-state index contributed by atoms with van der Waals surface area (Å²) < 4.78 is 30.4. The van der Waals surface area contributed by atoms with Crippen LogP contribution in [0.4, 0.5) is 0 Å². The summed E-state index contributed by atoms with van der Waals surface area (Å²) in [6.45, 7) is 7.27. The lowest BCUT2D eigenvalue weighted by Crippen LogP contribution is -2.43. The highest BCUT2D eigenvalue weighted by Gasteiger charge is 2.65. The molecule has 4 atom stereocenters. The molecule has 23 heavy (non-hydrogen) atoms. The van der Waals surface area contributed by atoms with Gasteiger partial charge < -0.3 is 5.32 Å². The molecule has 5 nitrogen and oxygen atoms in total. The highest BCUT2D eigenvalue weighted by atomic mass is 32.2. The number of nitrogens with one attached hydrogen (secondary N) is 1. The molecule has 0 radical (unpaired) electrons. The van der Waals surface area contributed by atoms with Crippen LogP contribution in [-0.2, 0) is 19.1 Å². The first kappa shape index (κ1) is 17.4. The average molecular weight is 343 g/mol. The van der Waals surface area contributed by atoms with Crippen LogP contribution in [-0.4, -0.2) is 39.1 Å². The second-order valence-corrected chi connectivity index (χ2v) is 10.0. The van der Waals surface area contributed by atoms with Gasteiger partial charge in [0, 0.05) is 19.0 Å². The van der Waals surface area contributed by atoms with Crippen molar-refractivity contribution in [1.29, 1.82) is 0 Å². The van der Waals surface area contributed by atoms with Gasteiger partial charge in [-0.15, -0.1) is 0 Å². The molecule has 0 amide bonds. The number of Topliss-reactive ketones (excluding diaryl/α,β-unsaturated/α-hetero) is 1. The summed E-state index contributed by atoms with van der Waals surface area (Å²) in [6.07, 6.45) is 4.22. The predicted octanol–water partition coefficient (Wildman–Crippen LogP) is 2.12. The molecule has 1 N–H and O–H groups in total. The third-order valence-corrected chi connectivity index (χ3v) is 8.15. The number of hydrogen-bond donors (Lipinski definition) is 1. The summed E-state index contributed by atoms with van der Waals surface area (Å²) in [6, 6.07) is 0.495. The van der Waals surface area contributed by atoms with E-state index in [2.05, 4.69) is 26.1 Å². The second kappa shape index (κ2) is 5.81. The first-order valence-corrected chi connectivity index (χ1v) is 10.4. The molecular formula is C17H29NO4S. The van der Waals surface area contributed by atoms with Gasteiger partial charge in [0.1, 0.15) is 5.78 Å². The van der Waals surface area contributed by atoms with Gasteiger partial charge in [0.2, 0.25) is 0 Å². The van der Waals surface area contributed by atoms with Crippen LogP contribution in [0.2, 0.25) is 0 Å². The third-order valence-electron chi connectivity index (χ3n) is 6.81. The van der Waals surface area contributed by atoms with Crippen molar-refractivity contribution in [1.82, 2.24) is 5.32 Å². The lowest BCUT2D eigenvalue weighted by molar-refractivity contribution is -0.128. The zero-order valence-corrected chi connectivity index (χ0v) is 15.2. The van der Waals surface area contributed by atoms with E-state index in [0.29, 0.717) is 24.8 Å². The molecule has 2 bridgehead atoms. The first-order chi connectivity index (χ1) is 10.7. The largest absolute Gasteiger partial charge is 0.314 e. The Hall–Kier alpha value is -0.460. The van der Waals surface area contributed by atoms with Gasteiger partial charge in [0.15, 0.2) is 0 Å². The minimum atomic E-state index is -3.67. The number of carbonyl (C=O) groups excluding carboxylic acids is 1. The summed E-state index contributed by atoms with van der Waals surface area (Å²) >= 11 is 0. The fourth-order valence-corrected chi connectivity index (χ4v) is 6.62. The Morgan fingerprint density at radius 3 is 2.52 bits per heavy atom. The zero-order valence-electron chi connectivity index (χ0n) is 14.4. The quantitative estimate of drug-likeness (QED) is 0.774. The van der Waals surface area contributed by atoms with E-state index >= 15 is 0 Å². The minimum Gasteiger partial charge on any atom is -0.314 e. The van der Waals surface area contributed by atoms with Crippen molar-refractivity contribution in [3.05, 3.63) is 0 Å². The van der Waals surface area contributed by atoms with E-state index in [1.54, 1.807) is 0 Å². The lowest BCUT2D eigenvalue weighted by atomic mass is 9.70. The normalized spacial score (nSPS) is 39.8. The summed E-state index contributed by atoms with van der Waals surface area (Å²) in [5.41, 5.74) is -0.960. The fourth-order valence-electron chi connectivity index (χ4n) is 4.85. The van der Waals surface area contributed by atoms with Crippen LogP contribution in [0.15, 0.2) is 0 Å². The fraction of sp³-hybridized carbons (Fsp3) is 0.941. The van der Waals surface area contributed by atoms with Gasteiger partial charge in [0.05, 0.1) is 17.8 Å². The highest BCUT2D eigenvalue weighted by molar-refractivity contribution is 7.86. The maximum atomic E-state index is 12.5. The van der Waals surface area contributed by atoms with Gasteiger partial charge in [-0.3, -0.25) is 8.98 Å². The van der Waals surface area contributed by atoms with Crippen molar-refractivity contribution in [2.24, 2.45) is 22.7 Å². The van der Waals surface area contributed by atoms with Crippen molar-refractivity contribution < 1.29 is 17.4 Å². The van der Waals surface area contributed by atoms with Crippen LogP contribution in [0.1, 0.15) is 52.9 Å². The molecule has 0 aromatic heterocycles. The van der Waals surface area contributed by atoms with Crippen LogP contribution in [0.3, 0.4) is 0 Å². The third kappa shape index (κ3) is 2.98. The molecule has 3 fully saturated rings. The van der Waals surface area contributed by atoms with E-state index < -0.39 is 15.5 Å². The first-order valence-electron chi connectivity index (χ1n) is 8.80. The van der Waals surface area contributed by atoms with Crippen molar-refractivity contribution in [3.63, 3.8) is 0 Å². The van der Waals surface area contributed by atoms with Crippen LogP contribution in [0, 0.1) is 22.7 Å². The summed E-state index contributed by atoms with van der Waals surface area (Å²) in [5, 5.41) is 3.36. The second-order valence-electron chi connectivity index (χ2n) is 8.41. The Morgan fingerprint density at radius 2 is 2.00 bits per heavy atom. The molecule has 0 aromatic rings. The SMILES string of the molecule is CC1CCC(COS(=O)(=O)CC23CCC(CC2=O)C3(C)C)CN1. The maximum Gasteiger partial charge on any atom is 0.268 e. The van der Waals surface area contributed by atoms with Crippen molar-refractivity contribution in [3.8, 4) is 0 Å². The molecular weight excluding hydrogens is 314 g/mol. The Balaban J connectivity index is 1.63. The number of ketones is 1. The van der Waals surface area contributed by atoms with E-state index in [1.807, 2.05) is 0 Å². The van der Waals surface area contributed by atoms with Gasteiger partial charge in [-0.25, -0.2) is 0 Å². The molecule has 0 aromatic carbocycles. The summed E-state index contributed by atoms with van der Waals surface area (Å²) in [5.74, 6) is 0.550. The van der Waals surface area contributed by atoms with Gasteiger partial charge in [-0.2, -0.15) is 8.42 Å². The molecule has 3 aliphatic rings. The topological polar surface area (TPSA) is 72.5 Å². The zero-order chi connectivity index (χ0) is 16.9. The monoisotopic (exact) mass is 343 g/mol. The van der Waals surface area contributed by atoms with E-state index in [4.69, 9.17) is 4.18 Å². The highest BCUT2D eigenvalue weighted by Crippen LogP contribution is 2.64. The molecule has 3 rings (SSSR count). The summed E-state index contributed by atoms with van der Waals surface area (Å²) in [7, 11) is -3.67. The molecule has 132 valence electrons. The number of fused-ring (bicyclic) bond motifs is 2. The molecule has 1 aliphatic heterocycles. The number of carbonyl (C=O) groups is 1. The van der Waals surface area contributed by atoms with Gasteiger partial charge in [-0.1, -0.05) is 13.8 Å². The number of hydrogen-bond acceptors (Lipinski definition) is 5. The Bertz CT molecular complexity index is 577. The molecule has 2 aliphatic carbocycles. The van der Waals surface area contributed by atoms with E-state index in [0.717, 1.165) is 25.8 Å². The van der Waals surface area contributed by atoms with Crippen LogP contribution < -0.4 is 5.32 Å². The maximum absolute atomic E-state index is 12.5. The molecule has 1 saturated heterocycles. The molecule has 2 saturated carbocycles. The predicted molar refractivity (Wildman–Crippen MR) is 88.5 cm³/mol.